The lowest BCUT2D eigenvalue weighted by molar-refractivity contribution is -0.117. The molecule has 5 aromatic rings. The molecule has 0 fully saturated rings. The highest BCUT2D eigenvalue weighted by atomic mass is 16.5. The summed E-state index contributed by atoms with van der Waals surface area (Å²) in [5.74, 6) is -1.34. The molecule has 6 rings (SSSR count). The van der Waals surface area contributed by atoms with Gasteiger partial charge in [-0.25, -0.2) is 0 Å². The maximum Gasteiger partial charge on any atom is 0.294 e. The average molecular weight is 508 g/mol. The Labute approximate surface area is 218 Å². The zero-order chi connectivity index (χ0) is 26.6. The number of methoxy groups -OCH3 is 1. The van der Waals surface area contributed by atoms with E-state index in [-0.39, 0.29) is 11.3 Å². The van der Waals surface area contributed by atoms with Gasteiger partial charge in [0, 0.05) is 53.5 Å². The van der Waals surface area contributed by atoms with Crippen molar-refractivity contribution in [3.63, 3.8) is 0 Å². The van der Waals surface area contributed by atoms with E-state index in [1.807, 2.05) is 73.6 Å². The molecular formula is C30H25N3O5. The van der Waals surface area contributed by atoms with Crippen molar-refractivity contribution < 1.29 is 23.8 Å². The highest BCUT2D eigenvalue weighted by Gasteiger charge is 2.46. The first-order valence-corrected chi connectivity index (χ1v) is 12.1. The molecule has 8 heteroatoms. The van der Waals surface area contributed by atoms with Crippen LogP contribution in [0, 0.1) is 0 Å². The van der Waals surface area contributed by atoms with Crippen molar-refractivity contribution >= 4 is 44.9 Å². The number of furan rings is 1. The van der Waals surface area contributed by atoms with Crippen molar-refractivity contribution in [1.82, 2.24) is 4.98 Å². The van der Waals surface area contributed by atoms with E-state index in [2.05, 4.69) is 4.98 Å². The second-order valence-electron chi connectivity index (χ2n) is 9.36. The van der Waals surface area contributed by atoms with E-state index in [1.165, 1.54) is 12.0 Å². The highest BCUT2D eigenvalue weighted by molar-refractivity contribution is 6.21. The molecule has 190 valence electrons. The third-order valence-corrected chi connectivity index (χ3v) is 6.96. The van der Waals surface area contributed by atoms with E-state index in [4.69, 9.17) is 9.15 Å². The Morgan fingerprint density at radius 3 is 2.55 bits per heavy atom. The number of ether oxygens (including phenoxy) is 1. The summed E-state index contributed by atoms with van der Waals surface area (Å²) in [5.41, 5.74) is 3.42. The molecule has 0 spiro atoms. The number of para-hydroxylation sites is 2. The van der Waals surface area contributed by atoms with Crippen LogP contribution in [0.1, 0.15) is 22.2 Å². The Bertz CT molecular complexity index is 1740. The lowest BCUT2D eigenvalue weighted by Crippen LogP contribution is -2.31. The number of fused-ring (bicyclic) bond motifs is 2. The van der Waals surface area contributed by atoms with Gasteiger partial charge in [-0.1, -0.05) is 30.3 Å². The van der Waals surface area contributed by atoms with Crippen LogP contribution < -0.4 is 14.5 Å². The molecule has 0 aliphatic carbocycles. The van der Waals surface area contributed by atoms with Gasteiger partial charge in [-0.3, -0.25) is 14.5 Å². The number of carbonyl (C=O) groups is 2. The Kier molecular flexibility index (Phi) is 5.45. The van der Waals surface area contributed by atoms with Crippen LogP contribution in [-0.4, -0.2) is 43.0 Å². The minimum Gasteiger partial charge on any atom is -0.503 e. The monoisotopic (exact) mass is 507 g/mol. The molecule has 0 bridgehead atoms. The summed E-state index contributed by atoms with van der Waals surface area (Å²) < 4.78 is 11.3. The maximum absolute atomic E-state index is 14.0. The molecule has 0 saturated carbocycles. The zero-order valence-corrected chi connectivity index (χ0v) is 21.1. The number of nitrogens with zero attached hydrogens (tertiary/aromatic N) is 2. The summed E-state index contributed by atoms with van der Waals surface area (Å²) in [7, 11) is 5.38. The molecule has 3 heterocycles. The van der Waals surface area contributed by atoms with E-state index in [0.717, 1.165) is 16.6 Å². The molecule has 0 saturated heterocycles. The predicted octanol–water partition coefficient (Wildman–Crippen LogP) is 5.77. The van der Waals surface area contributed by atoms with E-state index in [0.29, 0.717) is 28.0 Å². The number of hydrogen-bond donors (Lipinski definition) is 2. The minimum atomic E-state index is -0.883. The van der Waals surface area contributed by atoms with E-state index < -0.39 is 23.5 Å². The number of carbonyl (C=O) groups excluding carboxylic acids is 2. The van der Waals surface area contributed by atoms with Crippen molar-refractivity contribution in [3.8, 4) is 5.75 Å². The third-order valence-electron chi connectivity index (χ3n) is 6.96. The Morgan fingerprint density at radius 2 is 1.82 bits per heavy atom. The summed E-state index contributed by atoms with van der Waals surface area (Å²) in [6, 6.07) is 21.1. The average Bonchev–Trinajstić information content (AvgIpc) is 3.62. The largest absolute Gasteiger partial charge is 0.503 e. The molecule has 2 N–H and O–H groups in total. The molecule has 0 radical (unpaired) electrons. The number of aliphatic hydroxyl groups excluding tert-OH is 1. The quantitative estimate of drug-likeness (QED) is 0.283. The topological polar surface area (TPSA) is 99.0 Å². The van der Waals surface area contributed by atoms with Crippen molar-refractivity contribution in [2.45, 2.75) is 6.04 Å². The van der Waals surface area contributed by atoms with Crippen LogP contribution in [0.2, 0.25) is 0 Å². The van der Waals surface area contributed by atoms with Gasteiger partial charge in [0.25, 0.3) is 5.91 Å². The number of benzene rings is 3. The number of nitrogens with one attached hydrogen (secondary N) is 1. The number of anilines is 2. The molecule has 1 aliphatic rings. The first-order chi connectivity index (χ1) is 18.4. The lowest BCUT2D eigenvalue weighted by Gasteiger charge is -2.27. The smallest absolute Gasteiger partial charge is 0.294 e. The van der Waals surface area contributed by atoms with Gasteiger partial charge in [0.15, 0.2) is 22.9 Å². The van der Waals surface area contributed by atoms with Gasteiger partial charge in [-0.05, 0) is 42.5 Å². The fourth-order valence-corrected chi connectivity index (χ4v) is 5.07. The summed E-state index contributed by atoms with van der Waals surface area (Å²) in [5, 5.41) is 12.7. The summed E-state index contributed by atoms with van der Waals surface area (Å²) in [4.78, 5) is 34.2. The van der Waals surface area contributed by atoms with Crippen molar-refractivity contribution in [2.24, 2.45) is 0 Å². The molecule has 8 nitrogen and oxygen atoms in total. The zero-order valence-electron chi connectivity index (χ0n) is 21.1. The number of rotatable bonds is 6. The van der Waals surface area contributed by atoms with Gasteiger partial charge < -0.3 is 24.1 Å². The van der Waals surface area contributed by atoms with Gasteiger partial charge >= 0.3 is 0 Å². The van der Waals surface area contributed by atoms with Crippen LogP contribution in [-0.2, 0) is 4.79 Å². The molecule has 1 amide bonds. The standard InChI is InChI=1S/C30H25N3O5/c1-32(2)18-11-13-19(14-12-18)33-26(21-16-31-22-9-5-4-8-20(21)22)25(28(35)30(33)36)27(34)24-15-17-7-6-10-23(37-3)29(17)38-24/h4-16,26,31,35H,1-3H3. The van der Waals surface area contributed by atoms with E-state index in [1.54, 1.807) is 24.4 Å². The molecule has 1 aliphatic heterocycles. The minimum absolute atomic E-state index is 0.00787. The first kappa shape index (κ1) is 23.4. The summed E-state index contributed by atoms with van der Waals surface area (Å²) in [6.07, 6.45) is 1.78. The summed E-state index contributed by atoms with van der Waals surface area (Å²) in [6.45, 7) is 0. The van der Waals surface area contributed by atoms with Crippen LogP contribution in [0.25, 0.3) is 21.9 Å². The Hall–Kier alpha value is -4.98. The maximum atomic E-state index is 14.0. The van der Waals surface area contributed by atoms with Crippen molar-refractivity contribution in [2.75, 3.05) is 31.0 Å². The van der Waals surface area contributed by atoms with Gasteiger partial charge in [0.05, 0.1) is 18.7 Å². The number of aromatic nitrogens is 1. The van der Waals surface area contributed by atoms with Crippen LogP contribution in [0.4, 0.5) is 11.4 Å². The SMILES string of the molecule is COc1cccc2cc(C(=O)C3=C(O)C(=O)N(c4ccc(N(C)C)cc4)C3c3c[nH]c4ccccc34)oc12. The number of aliphatic hydroxyl groups is 1. The number of aromatic amines is 1. The summed E-state index contributed by atoms with van der Waals surface area (Å²) >= 11 is 0. The van der Waals surface area contributed by atoms with Crippen LogP contribution >= 0.6 is 0 Å². The number of amides is 1. The molecule has 2 aromatic heterocycles. The number of hydrogen-bond acceptors (Lipinski definition) is 6. The first-order valence-electron chi connectivity index (χ1n) is 12.1. The molecule has 38 heavy (non-hydrogen) atoms. The van der Waals surface area contributed by atoms with Crippen LogP contribution in [0.3, 0.4) is 0 Å². The second kappa shape index (κ2) is 8.85. The van der Waals surface area contributed by atoms with Gasteiger partial charge in [-0.15, -0.1) is 0 Å². The second-order valence-corrected chi connectivity index (χ2v) is 9.36. The lowest BCUT2D eigenvalue weighted by atomic mass is 9.94. The Balaban J connectivity index is 1.52. The number of Topliss-reactive ketones (excluding diaryl/α,β-unsaturated/α-hetero) is 1. The van der Waals surface area contributed by atoms with Crippen molar-refractivity contribution in [3.05, 3.63) is 102 Å². The van der Waals surface area contributed by atoms with Crippen LogP contribution in [0.15, 0.2) is 94.7 Å². The molecule has 1 atom stereocenters. The fraction of sp³-hybridized carbons (Fsp3) is 0.133. The molecule has 1 unspecified atom stereocenters. The fourth-order valence-electron chi connectivity index (χ4n) is 5.07. The van der Waals surface area contributed by atoms with E-state index in [9.17, 15) is 14.7 Å². The van der Waals surface area contributed by atoms with E-state index >= 15 is 0 Å². The van der Waals surface area contributed by atoms with Crippen LogP contribution in [0.5, 0.6) is 5.75 Å². The Morgan fingerprint density at radius 1 is 1.05 bits per heavy atom. The molecular weight excluding hydrogens is 482 g/mol. The van der Waals surface area contributed by atoms with Gasteiger partial charge in [-0.2, -0.15) is 0 Å². The number of H-pyrrole nitrogens is 1. The van der Waals surface area contributed by atoms with Gasteiger partial charge in [0.1, 0.15) is 0 Å². The normalized spacial score (nSPS) is 15.6. The van der Waals surface area contributed by atoms with Crippen molar-refractivity contribution in [1.29, 1.82) is 0 Å². The van der Waals surface area contributed by atoms with Gasteiger partial charge in [0.2, 0.25) is 5.78 Å². The predicted molar refractivity (Wildman–Crippen MR) is 146 cm³/mol. The molecule has 3 aromatic carbocycles. The number of ketones is 1. The highest BCUT2D eigenvalue weighted by Crippen LogP contribution is 2.45. The third kappa shape index (κ3) is 3.53.